The van der Waals surface area contributed by atoms with Crippen molar-refractivity contribution in [1.82, 2.24) is 9.47 Å². The SMILES string of the molecule is COc1ccc2c(c1)c(/C=C1\Oc3cc(O)cc(O)c3C1=O)c(C)n2CCCN1CCOCC1. The fraction of sp³-hybridized carbons (Fsp3) is 0.346. The number of morpholine rings is 1. The van der Waals surface area contributed by atoms with Crippen molar-refractivity contribution in [2.45, 2.75) is 19.9 Å². The molecule has 34 heavy (non-hydrogen) atoms. The predicted molar refractivity (Wildman–Crippen MR) is 128 cm³/mol. The molecule has 0 aliphatic carbocycles. The molecule has 0 amide bonds. The molecule has 3 heterocycles. The van der Waals surface area contributed by atoms with Crippen LogP contribution < -0.4 is 9.47 Å². The van der Waals surface area contributed by atoms with E-state index < -0.39 is 5.78 Å². The number of Topliss-reactive ketones (excluding diaryl/α,β-unsaturated/α-hetero) is 1. The van der Waals surface area contributed by atoms with Gasteiger partial charge in [-0.25, -0.2) is 0 Å². The number of aromatic hydroxyl groups is 2. The normalized spacial score (nSPS) is 17.4. The Kier molecular flexibility index (Phi) is 5.93. The number of allylic oxidation sites excluding steroid dienone is 1. The van der Waals surface area contributed by atoms with Crippen LogP contribution in [-0.4, -0.2) is 65.4 Å². The Labute approximate surface area is 197 Å². The van der Waals surface area contributed by atoms with E-state index in [4.69, 9.17) is 14.2 Å². The molecule has 0 unspecified atom stereocenters. The first-order valence-corrected chi connectivity index (χ1v) is 11.4. The predicted octanol–water partition coefficient (Wildman–Crippen LogP) is 3.71. The van der Waals surface area contributed by atoms with Crippen molar-refractivity contribution in [3.8, 4) is 23.0 Å². The number of benzene rings is 2. The molecule has 0 atom stereocenters. The van der Waals surface area contributed by atoms with E-state index >= 15 is 0 Å². The van der Waals surface area contributed by atoms with E-state index in [0.29, 0.717) is 0 Å². The minimum absolute atomic E-state index is 0.0635. The van der Waals surface area contributed by atoms with Gasteiger partial charge in [0.05, 0.1) is 20.3 Å². The van der Waals surface area contributed by atoms with Gasteiger partial charge in [-0.05, 0) is 37.6 Å². The maximum absolute atomic E-state index is 13.0. The van der Waals surface area contributed by atoms with Crippen LogP contribution in [0.2, 0.25) is 0 Å². The first-order valence-electron chi connectivity index (χ1n) is 11.4. The summed E-state index contributed by atoms with van der Waals surface area (Å²) in [6, 6.07) is 8.40. The summed E-state index contributed by atoms with van der Waals surface area (Å²) in [5, 5.41) is 20.9. The van der Waals surface area contributed by atoms with Crippen molar-refractivity contribution in [2.75, 3.05) is 40.0 Å². The fourth-order valence-corrected chi connectivity index (χ4v) is 4.77. The Hall–Kier alpha value is -3.49. The maximum Gasteiger partial charge on any atom is 0.235 e. The van der Waals surface area contributed by atoms with Gasteiger partial charge in [0, 0.05) is 60.5 Å². The highest BCUT2D eigenvalue weighted by molar-refractivity contribution is 6.17. The minimum atomic E-state index is -0.414. The summed E-state index contributed by atoms with van der Waals surface area (Å²) in [5.41, 5.74) is 2.99. The zero-order chi connectivity index (χ0) is 23.8. The Morgan fingerprint density at radius 2 is 1.91 bits per heavy atom. The van der Waals surface area contributed by atoms with Crippen molar-refractivity contribution >= 4 is 22.8 Å². The molecule has 2 aromatic carbocycles. The lowest BCUT2D eigenvalue weighted by Crippen LogP contribution is -2.37. The zero-order valence-electron chi connectivity index (χ0n) is 19.3. The molecule has 3 aromatic rings. The summed E-state index contributed by atoms with van der Waals surface area (Å²) in [5.74, 6) is 0.105. The van der Waals surface area contributed by atoms with Gasteiger partial charge in [-0.2, -0.15) is 0 Å². The van der Waals surface area contributed by atoms with Gasteiger partial charge >= 0.3 is 0 Å². The van der Waals surface area contributed by atoms with Crippen molar-refractivity contribution in [3.05, 3.63) is 52.9 Å². The zero-order valence-corrected chi connectivity index (χ0v) is 19.3. The standard InChI is InChI=1S/C26H28N2O6/c1-16-19(15-24-26(31)25-22(30)12-17(29)13-23(25)34-24)20-14-18(32-2)4-5-21(20)28(16)7-3-6-27-8-10-33-11-9-27/h4-5,12-15,29-30H,3,6-11H2,1-2H3/b24-15-. The summed E-state index contributed by atoms with van der Waals surface area (Å²) in [6.07, 6.45) is 2.70. The van der Waals surface area contributed by atoms with Gasteiger partial charge in [0.25, 0.3) is 0 Å². The first kappa shape index (κ1) is 22.3. The second-order valence-corrected chi connectivity index (χ2v) is 8.62. The number of hydrogen-bond donors (Lipinski definition) is 2. The molecule has 1 aromatic heterocycles. The largest absolute Gasteiger partial charge is 0.508 e. The molecule has 5 rings (SSSR count). The minimum Gasteiger partial charge on any atom is -0.508 e. The van der Waals surface area contributed by atoms with Crippen LogP contribution in [0, 0.1) is 6.92 Å². The third-order valence-corrected chi connectivity index (χ3v) is 6.55. The number of ether oxygens (including phenoxy) is 3. The van der Waals surface area contributed by atoms with Gasteiger partial charge < -0.3 is 29.0 Å². The highest BCUT2D eigenvalue weighted by Crippen LogP contribution is 2.41. The first-order chi connectivity index (χ1) is 16.5. The van der Waals surface area contributed by atoms with Crippen molar-refractivity contribution < 1.29 is 29.2 Å². The molecule has 0 saturated carbocycles. The molecule has 1 fully saturated rings. The Morgan fingerprint density at radius 1 is 1.12 bits per heavy atom. The highest BCUT2D eigenvalue weighted by atomic mass is 16.5. The average Bonchev–Trinajstić information content (AvgIpc) is 3.28. The number of methoxy groups -OCH3 is 1. The molecule has 0 spiro atoms. The van der Waals surface area contributed by atoms with Crippen LogP contribution in [0.3, 0.4) is 0 Å². The van der Waals surface area contributed by atoms with Gasteiger partial charge in [-0.1, -0.05) is 0 Å². The van der Waals surface area contributed by atoms with Gasteiger partial charge in [-0.3, -0.25) is 9.69 Å². The van der Waals surface area contributed by atoms with Crippen LogP contribution in [0.5, 0.6) is 23.0 Å². The smallest absolute Gasteiger partial charge is 0.235 e. The second-order valence-electron chi connectivity index (χ2n) is 8.62. The molecule has 2 N–H and O–H groups in total. The van der Waals surface area contributed by atoms with Crippen LogP contribution in [-0.2, 0) is 11.3 Å². The number of carbonyl (C=O) groups excluding carboxylic acids is 1. The van der Waals surface area contributed by atoms with E-state index in [0.717, 1.165) is 79.8 Å². The number of aryl methyl sites for hydroxylation is 1. The molecular formula is C26H28N2O6. The van der Waals surface area contributed by atoms with Crippen LogP contribution in [0.25, 0.3) is 17.0 Å². The van der Waals surface area contributed by atoms with Crippen molar-refractivity contribution in [1.29, 1.82) is 0 Å². The third-order valence-electron chi connectivity index (χ3n) is 6.55. The number of fused-ring (bicyclic) bond motifs is 2. The Balaban J connectivity index is 1.50. The number of hydrogen-bond acceptors (Lipinski definition) is 7. The summed E-state index contributed by atoms with van der Waals surface area (Å²) in [7, 11) is 1.63. The molecule has 178 valence electrons. The second kappa shape index (κ2) is 9.04. The number of ketones is 1. The average molecular weight is 465 g/mol. The number of rotatable bonds is 6. The lowest BCUT2D eigenvalue weighted by atomic mass is 10.1. The summed E-state index contributed by atoms with van der Waals surface area (Å²) < 4.78 is 18.9. The molecule has 1 saturated heterocycles. The fourth-order valence-electron chi connectivity index (χ4n) is 4.77. The van der Waals surface area contributed by atoms with Gasteiger partial charge in [0.15, 0.2) is 5.76 Å². The van der Waals surface area contributed by atoms with Gasteiger partial charge in [0.2, 0.25) is 5.78 Å². The lowest BCUT2D eigenvalue weighted by molar-refractivity contribution is 0.0369. The molecular weight excluding hydrogens is 436 g/mol. The van der Waals surface area contributed by atoms with E-state index in [2.05, 4.69) is 9.47 Å². The van der Waals surface area contributed by atoms with Gasteiger partial charge in [0.1, 0.15) is 28.6 Å². The molecule has 8 heteroatoms. The number of carbonyl (C=O) groups is 1. The third kappa shape index (κ3) is 3.99. The van der Waals surface area contributed by atoms with E-state index in [1.807, 2.05) is 25.1 Å². The quantitative estimate of drug-likeness (QED) is 0.537. The molecule has 8 nitrogen and oxygen atoms in total. The summed E-state index contributed by atoms with van der Waals surface area (Å²) >= 11 is 0. The topological polar surface area (TPSA) is 93.4 Å². The molecule has 2 aliphatic rings. The van der Waals surface area contributed by atoms with E-state index in [1.54, 1.807) is 13.2 Å². The summed E-state index contributed by atoms with van der Waals surface area (Å²) in [6.45, 7) is 7.35. The van der Waals surface area contributed by atoms with Crippen molar-refractivity contribution in [3.63, 3.8) is 0 Å². The van der Waals surface area contributed by atoms with Crippen LogP contribution in [0.15, 0.2) is 36.1 Å². The highest BCUT2D eigenvalue weighted by Gasteiger charge is 2.32. The molecule has 2 aliphatic heterocycles. The lowest BCUT2D eigenvalue weighted by Gasteiger charge is -2.26. The van der Waals surface area contributed by atoms with E-state index in [-0.39, 0.29) is 28.6 Å². The summed E-state index contributed by atoms with van der Waals surface area (Å²) in [4.78, 5) is 15.4. The van der Waals surface area contributed by atoms with E-state index in [1.165, 1.54) is 6.07 Å². The Bertz CT molecular complexity index is 1290. The van der Waals surface area contributed by atoms with Crippen LogP contribution in [0.4, 0.5) is 0 Å². The Morgan fingerprint density at radius 3 is 2.68 bits per heavy atom. The number of aromatic nitrogens is 1. The maximum atomic E-state index is 13.0. The van der Waals surface area contributed by atoms with Crippen LogP contribution >= 0.6 is 0 Å². The monoisotopic (exact) mass is 464 g/mol. The van der Waals surface area contributed by atoms with Gasteiger partial charge in [-0.15, -0.1) is 0 Å². The molecule has 0 bridgehead atoms. The number of phenols is 2. The molecule has 0 radical (unpaired) electrons. The number of phenolic OH excluding ortho intramolecular Hbond substituents is 2. The van der Waals surface area contributed by atoms with E-state index in [9.17, 15) is 15.0 Å². The van der Waals surface area contributed by atoms with Crippen molar-refractivity contribution in [2.24, 2.45) is 0 Å². The van der Waals surface area contributed by atoms with Crippen LogP contribution in [0.1, 0.15) is 28.0 Å². The number of nitrogens with zero attached hydrogens (tertiary/aromatic N) is 2.